The first-order valence-electron chi connectivity index (χ1n) is 6.01. The maximum Gasteiger partial charge on any atom is 0.262 e. The van der Waals surface area contributed by atoms with Gasteiger partial charge in [0.25, 0.3) is 5.91 Å². The summed E-state index contributed by atoms with van der Waals surface area (Å²) in [5.41, 5.74) is 8.70. The second-order valence-corrected chi connectivity index (χ2v) is 4.50. The standard InChI is InChI=1S/C14H14N2O3/c1-8-10(4-5-18-8)14(15)9-2-3-12-11(6-9)16-13(17)7-19-12/h2-6,14H,7,15H2,1H3,(H,16,17). The summed E-state index contributed by atoms with van der Waals surface area (Å²) < 4.78 is 10.6. The number of hydrogen-bond donors (Lipinski definition) is 2. The second-order valence-electron chi connectivity index (χ2n) is 4.50. The summed E-state index contributed by atoms with van der Waals surface area (Å²) in [5.74, 6) is 1.31. The minimum absolute atomic E-state index is 0.0548. The van der Waals surface area contributed by atoms with Gasteiger partial charge < -0.3 is 20.2 Å². The number of hydrogen-bond acceptors (Lipinski definition) is 4. The van der Waals surface area contributed by atoms with Crippen molar-refractivity contribution in [3.63, 3.8) is 0 Å². The van der Waals surface area contributed by atoms with Crippen molar-refractivity contribution in [1.29, 1.82) is 0 Å². The number of anilines is 1. The van der Waals surface area contributed by atoms with Crippen LogP contribution in [-0.2, 0) is 4.79 Å². The van der Waals surface area contributed by atoms with E-state index in [0.717, 1.165) is 16.9 Å². The molecule has 1 amide bonds. The van der Waals surface area contributed by atoms with Crippen LogP contribution in [0.4, 0.5) is 5.69 Å². The largest absolute Gasteiger partial charge is 0.482 e. The Hall–Kier alpha value is -2.27. The molecular weight excluding hydrogens is 244 g/mol. The number of amides is 1. The first-order valence-corrected chi connectivity index (χ1v) is 6.01. The third-order valence-electron chi connectivity index (χ3n) is 3.23. The molecule has 1 atom stereocenters. The van der Waals surface area contributed by atoms with Gasteiger partial charge in [-0.2, -0.15) is 0 Å². The molecule has 5 heteroatoms. The fourth-order valence-corrected chi connectivity index (χ4v) is 2.19. The number of ether oxygens (including phenoxy) is 1. The van der Waals surface area contributed by atoms with Crippen molar-refractivity contribution in [2.75, 3.05) is 11.9 Å². The van der Waals surface area contributed by atoms with Crippen LogP contribution in [-0.4, -0.2) is 12.5 Å². The molecule has 0 aliphatic carbocycles. The van der Waals surface area contributed by atoms with E-state index in [1.807, 2.05) is 31.2 Å². The van der Waals surface area contributed by atoms with Crippen molar-refractivity contribution in [1.82, 2.24) is 0 Å². The molecule has 3 rings (SSSR count). The number of benzene rings is 1. The van der Waals surface area contributed by atoms with Gasteiger partial charge >= 0.3 is 0 Å². The highest BCUT2D eigenvalue weighted by atomic mass is 16.5. The molecule has 1 aliphatic heterocycles. The van der Waals surface area contributed by atoms with Gasteiger partial charge in [-0.25, -0.2) is 0 Å². The van der Waals surface area contributed by atoms with Crippen LogP contribution in [0.2, 0.25) is 0 Å². The van der Waals surface area contributed by atoms with Crippen LogP contribution < -0.4 is 15.8 Å². The van der Waals surface area contributed by atoms with Crippen molar-refractivity contribution in [3.05, 3.63) is 47.4 Å². The summed E-state index contributed by atoms with van der Waals surface area (Å²) in [5, 5.41) is 2.77. The monoisotopic (exact) mass is 258 g/mol. The van der Waals surface area contributed by atoms with E-state index in [9.17, 15) is 4.79 Å². The lowest BCUT2D eigenvalue weighted by Crippen LogP contribution is -2.25. The molecule has 0 fully saturated rings. The zero-order chi connectivity index (χ0) is 13.4. The van der Waals surface area contributed by atoms with E-state index in [4.69, 9.17) is 14.9 Å². The molecule has 98 valence electrons. The smallest absolute Gasteiger partial charge is 0.262 e. The molecule has 2 heterocycles. The van der Waals surface area contributed by atoms with Gasteiger partial charge in [0.1, 0.15) is 11.5 Å². The van der Waals surface area contributed by atoms with E-state index in [-0.39, 0.29) is 18.6 Å². The number of nitrogens with two attached hydrogens (primary N) is 1. The first-order chi connectivity index (χ1) is 9.15. The van der Waals surface area contributed by atoms with Crippen molar-refractivity contribution in [3.8, 4) is 5.75 Å². The molecule has 1 unspecified atom stereocenters. The Morgan fingerprint density at radius 1 is 1.37 bits per heavy atom. The van der Waals surface area contributed by atoms with Crippen LogP contribution in [0, 0.1) is 6.92 Å². The lowest BCUT2D eigenvalue weighted by atomic mass is 9.99. The van der Waals surface area contributed by atoms with Gasteiger partial charge in [-0.05, 0) is 30.7 Å². The van der Waals surface area contributed by atoms with Gasteiger partial charge in [0.05, 0.1) is 18.0 Å². The van der Waals surface area contributed by atoms with Crippen LogP contribution in [0.15, 0.2) is 34.9 Å². The molecule has 0 spiro atoms. The average molecular weight is 258 g/mol. The number of aryl methyl sites for hydroxylation is 1. The number of rotatable bonds is 2. The third kappa shape index (κ3) is 2.08. The molecule has 5 nitrogen and oxygen atoms in total. The van der Waals surface area contributed by atoms with Gasteiger partial charge in [0, 0.05) is 5.56 Å². The van der Waals surface area contributed by atoms with Gasteiger partial charge in [-0.15, -0.1) is 0 Å². The number of carbonyl (C=O) groups excluding carboxylic acids is 1. The highest BCUT2D eigenvalue weighted by Crippen LogP contribution is 2.32. The normalized spacial score (nSPS) is 15.4. The highest BCUT2D eigenvalue weighted by Gasteiger charge is 2.19. The summed E-state index contributed by atoms with van der Waals surface area (Å²) in [7, 11) is 0. The zero-order valence-corrected chi connectivity index (χ0v) is 10.5. The number of furan rings is 1. The number of nitrogens with one attached hydrogen (secondary N) is 1. The summed E-state index contributed by atoms with van der Waals surface area (Å²) in [4.78, 5) is 11.3. The molecule has 1 aromatic heterocycles. The minimum atomic E-state index is -0.289. The maximum atomic E-state index is 11.3. The summed E-state index contributed by atoms with van der Waals surface area (Å²) in [6.45, 7) is 1.93. The SMILES string of the molecule is Cc1occc1C(N)c1ccc2c(c1)NC(=O)CO2. The van der Waals surface area contributed by atoms with E-state index in [1.165, 1.54) is 0 Å². The Morgan fingerprint density at radius 3 is 2.95 bits per heavy atom. The summed E-state index contributed by atoms with van der Waals surface area (Å²) in [6.07, 6.45) is 1.62. The van der Waals surface area contributed by atoms with Gasteiger partial charge in [-0.1, -0.05) is 6.07 Å². The van der Waals surface area contributed by atoms with E-state index < -0.39 is 0 Å². The Bertz CT molecular complexity index is 633. The van der Waals surface area contributed by atoms with Gasteiger partial charge in [-0.3, -0.25) is 4.79 Å². The molecule has 0 saturated carbocycles. The Labute approximate surface area is 110 Å². The molecule has 2 aromatic rings. The molecule has 0 radical (unpaired) electrons. The molecule has 0 bridgehead atoms. The molecule has 1 aliphatic rings. The van der Waals surface area contributed by atoms with Crippen LogP contribution in [0.5, 0.6) is 5.75 Å². The zero-order valence-electron chi connectivity index (χ0n) is 10.5. The van der Waals surface area contributed by atoms with E-state index in [0.29, 0.717) is 11.4 Å². The highest BCUT2D eigenvalue weighted by molar-refractivity contribution is 5.95. The third-order valence-corrected chi connectivity index (χ3v) is 3.23. The second kappa shape index (κ2) is 4.44. The van der Waals surface area contributed by atoms with Crippen molar-refractivity contribution < 1.29 is 13.9 Å². The predicted octanol–water partition coefficient (Wildman–Crippen LogP) is 1.97. The maximum absolute atomic E-state index is 11.3. The van der Waals surface area contributed by atoms with E-state index >= 15 is 0 Å². The number of fused-ring (bicyclic) bond motifs is 1. The Morgan fingerprint density at radius 2 is 2.21 bits per heavy atom. The van der Waals surface area contributed by atoms with E-state index in [1.54, 1.807) is 6.26 Å². The van der Waals surface area contributed by atoms with Crippen LogP contribution >= 0.6 is 0 Å². The predicted molar refractivity (Wildman–Crippen MR) is 70.0 cm³/mol. The average Bonchev–Trinajstić information content (AvgIpc) is 2.83. The summed E-state index contributed by atoms with van der Waals surface area (Å²) in [6, 6.07) is 7.12. The van der Waals surface area contributed by atoms with Crippen LogP contribution in [0.3, 0.4) is 0 Å². The van der Waals surface area contributed by atoms with Gasteiger partial charge in [0.2, 0.25) is 0 Å². The topological polar surface area (TPSA) is 77.5 Å². The fourth-order valence-electron chi connectivity index (χ4n) is 2.19. The molecule has 1 aromatic carbocycles. The lowest BCUT2D eigenvalue weighted by Gasteiger charge is -2.20. The quantitative estimate of drug-likeness (QED) is 0.863. The van der Waals surface area contributed by atoms with E-state index in [2.05, 4.69) is 5.32 Å². The molecule has 0 saturated heterocycles. The lowest BCUT2D eigenvalue weighted by molar-refractivity contribution is -0.118. The molecular formula is C14H14N2O3. The van der Waals surface area contributed by atoms with Crippen LogP contribution in [0.25, 0.3) is 0 Å². The Kier molecular flexibility index (Phi) is 2.76. The van der Waals surface area contributed by atoms with Gasteiger partial charge in [0.15, 0.2) is 6.61 Å². The Balaban J connectivity index is 1.96. The fraction of sp³-hybridized carbons (Fsp3) is 0.214. The minimum Gasteiger partial charge on any atom is -0.482 e. The van der Waals surface area contributed by atoms with Crippen molar-refractivity contribution in [2.45, 2.75) is 13.0 Å². The first kappa shape index (κ1) is 11.8. The number of carbonyl (C=O) groups is 1. The molecule has 3 N–H and O–H groups in total. The van der Waals surface area contributed by atoms with Crippen molar-refractivity contribution in [2.24, 2.45) is 5.73 Å². The summed E-state index contributed by atoms with van der Waals surface area (Å²) >= 11 is 0. The van der Waals surface area contributed by atoms with Crippen molar-refractivity contribution >= 4 is 11.6 Å². The van der Waals surface area contributed by atoms with Crippen LogP contribution in [0.1, 0.15) is 22.9 Å². The molecule has 19 heavy (non-hydrogen) atoms.